The molecule has 4 nitrogen and oxygen atoms in total. The Labute approximate surface area is 107 Å². The lowest BCUT2D eigenvalue weighted by Gasteiger charge is -2.02. The number of fused-ring (bicyclic) bond motifs is 1. The zero-order chi connectivity index (χ0) is 12.5. The second-order valence-corrected chi connectivity index (χ2v) is 4.35. The maximum Gasteiger partial charge on any atom is 0.421 e. The molecule has 3 aromatic rings. The average Bonchev–Trinajstić information content (AvgIpc) is 2.66. The van der Waals surface area contributed by atoms with Gasteiger partial charge in [-0.25, -0.2) is 9.78 Å². The van der Waals surface area contributed by atoms with Gasteiger partial charge in [0.2, 0.25) is 0 Å². The van der Waals surface area contributed by atoms with E-state index in [0.29, 0.717) is 22.8 Å². The highest BCUT2D eigenvalue weighted by molar-refractivity contribution is 6.30. The topological polar surface area (TPSA) is 48.0 Å². The number of hydrogen-bond donors (Lipinski definition) is 0. The third-order valence-electron chi connectivity index (χ3n) is 2.65. The summed E-state index contributed by atoms with van der Waals surface area (Å²) in [7, 11) is 0. The first-order valence-electron chi connectivity index (χ1n) is 5.43. The van der Waals surface area contributed by atoms with Gasteiger partial charge in [0.25, 0.3) is 0 Å². The molecule has 0 unspecified atom stereocenters. The van der Waals surface area contributed by atoms with Crippen LogP contribution in [0.15, 0.2) is 51.8 Å². The molecule has 0 aliphatic heterocycles. The van der Waals surface area contributed by atoms with E-state index in [1.165, 1.54) is 4.57 Å². The molecule has 90 valence electrons. The Morgan fingerprint density at radius 3 is 3.00 bits per heavy atom. The zero-order valence-electron chi connectivity index (χ0n) is 9.34. The second kappa shape index (κ2) is 4.31. The zero-order valence-corrected chi connectivity index (χ0v) is 10.1. The Morgan fingerprint density at radius 1 is 1.28 bits per heavy atom. The summed E-state index contributed by atoms with van der Waals surface area (Å²) in [5.41, 5.74) is 1.96. The molecule has 0 fully saturated rings. The Morgan fingerprint density at radius 2 is 2.17 bits per heavy atom. The van der Waals surface area contributed by atoms with Crippen LogP contribution in [0.4, 0.5) is 0 Å². The van der Waals surface area contributed by atoms with Gasteiger partial charge in [-0.3, -0.25) is 4.57 Å². The van der Waals surface area contributed by atoms with Crippen LogP contribution in [0.1, 0.15) is 5.56 Å². The summed E-state index contributed by atoms with van der Waals surface area (Å²) in [5.74, 6) is -0.413. The number of halogens is 1. The average molecular weight is 261 g/mol. The molecule has 0 amide bonds. The van der Waals surface area contributed by atoms with Gasteiger partial charge in [0, 0.05) is 11.2 Å². The predicted octanol–water partition coefficient (Wildman–Crippen LogP) is 2.69. The van der Waals surface area contributed by atoms with E-state index in [-0.39, 0.29) is 0 Å². The van der Waals surface area contributed by atoms with Crippen LogP contribution in [-0.2, 0) is 6.54 Å². The summed E-state index contributed by atoms with van der Waals surface area (Å²) in [6.45, 7) is 0.392. The monoisotopic (exact) mass is 260 g/mol. The van der Waals surface area contributed by atoms with Crippen molar-refractivity contribution in [1.29, 1.82) is 0 Å². The third-order valence-corrected chi connectivity index (χ3v) is 2.89. The van der Waals surface area contributed by atoms with E-state index in [1.54, 1.807) is 24.4 Å². The number of nitrogens with zero attached hydrogens (tertiary/aromatic N) is 2. The normalized spacial score (nSPS) is 10.9. The van der Waals surface area contributed by atoms with Gasteiger partial charge in [-0.15, -0.1) is 0 Å². The molecule has 1 aromatic carbocycles. The van der Waals surface area contributed by atoms with Crippen molar-refractivity contribution in [2.24, 2.45) is 0 Å². The van der Waals surface area contributed by atoms with Crippen LogP contribution < -0.4 is 5.76 Å². The molecule has 0 N–H and O–H groups in total. The largest absolute Gasteiger partial charge is 0.421 e. The van der Waals surface area contributed by atoms with E-state index in [0.717, 1.165) is 5.56 Å². The highest BCUT2D eigenvalue weighted by atomic mass is 35.5. The number of benzene rings is 1. The summed E-state index contributed by atoms with van der Waals surface area (Å²) in [6.07, 6.45) is 1.63. The molecule has 2 heterocycles. The second-order valence-electron chi connectivity index (χ2n) is 3.91. The van der Waals surface area contributed by atoms with Gasteiger partial charge in [-0.2, -0.15) is 0 Å². The van der Waals surface area contributed by atoms with E-state index in [4.69, 9.17) is 16.0 Å². The Hall–Kier alpha value is -2.07. The first-order chi connectivity index (χ1) is 8.74. The van der Waals surface area contributed by atoms with Crippen molar-refractivity contribution in [3.8, 4) is 0 Å². The lowest BCUT2D eigenvalue weighted by Crippen LogP contribution is -2.15. The summed E-state index contributed by atoms with van der Waals surface area (Å²) < 4.78 is 6.60. The van der Waals surface area contributed by atoms with Crippen molar-refractivity contribution < 1.29 is 4.42 Å². The minimum Gasteiger partial charge on any atom is -0.406 e. The molecule has 2 aromatic heterocycles. The number of aromatic nitrogens is 2. The number of hydrogen-bond acceptors (Lipinski definition) is 3. The number of oxazole rings is 1. The minimum absolute atomic E-state index is 0.392. The van der Waals surface area contributed by atoms with Crippen molar-refractivity contribution in [3.63, 3.8) is 0 Å². The molecule has 0 saturated carbocycles. The summed E-state index contributed by atoms with van der Waals surface area (Å²) >= 11 is 5.92. The van der Waals surface area contributed by atoms with Crippen LogP contribution in [0, 0.1) is 0 Å². The fourth-order valence-electron chi connectivity index (χ4n) is 1.86. The van der Waals surface area contributed by atoms with Crippen molar-refractivity contribution in [2.45, 2.75) is 6.54 Å². The molecule has 0 atom stereocenters. The molecule has 0 aliphatic carbocycles. The van der Waals surface area contributed by atoms with Crippen LogP contribution in [0.3, 0.4) is 0 Å². The Balaban J connectivity index is 2.10. The fraction of sp³-hybridized carbons (Fsp3) is 0.0769. The van der Waals surface area contributed by atoms with E-state index in [9.17, 15) is 4.79 Å². The van der Waals surface area contributed by atoms with Crippen LogP contribution in [0.5, 0.6) is 0 Å². The number of rotatable bonds is 2. The highest BCUT2D eigenvalue weighted by Crippen LogP contribution is 2.14. The molecule has 0 bridgehead atoms. The van der Waals surface area contributed by atoms with E-state index < -0.39 is 5.76 Å². The van der Waals surface area contributed by atoms with Gasteiger partial charge in [0.05, 0.1) is 6.54 Å². The summed E-state index contributed by atoms with van der Waals surface area (Å²) in [4.78, 5) is 15.9. The first kappa shape index (κ1) is 11.0. The standard InChI is InChI=1S/C13H9ClN2O2/c14-10-4-1-3-9(7-10)8-16-12-11(18-13(16)17)5-2-6-15-12/h1-7H,8H2. The quantitative estimate of drug-likeness (QED) is 0.712. The lowest BCUT2D eigenvalue weighted by atomic mass is 10.2. The van der Waals surface area contributed by atoms with Gasteiger partial charge in [0.15, 0.2) is 11.2 Å². The Kier molecular flexibility index (Phi) is 2.64. The molecular formula is C13H9ClN2O2. The van der Waals surface area contributed by atoms with Crippen LogP contribution in [0.25, 0.3) is 11.2 Å². The van der Waals surface area contributed by atoms with Crippen molar-refractivity contribution in [2.75, 3.05) is 0 Å². The number of pyridine rings is 1. The molecule has 18 heavy (non-hydrogen) atoms. The van der Waals surface area contributed by atoms with Gasteiger partial charge in [-0.1, -0.05) is 23.7 Å². The predicted molar refractivity (Wildman–Crippen MR) is 68.8 cm³/mol. The Bertz CT molecular complexity index is 761. The molecule has 0 spiro atoms. The van der Waals surface area contributed by atoms with Crippen LogP contribution in [0.2, 0.25) is 5.02 Å². The molecule has 0 saturated heterocycles. The van der Waals surface area contributed by atoms with Gasteiger partial charge in [0.1, 0.15) is 0 Å². The molecular weight excluding hydrogens is 252 g/mol. The SMILES string of the molecule is O=c1oc2cccnc2n1Cc1cccc(Cl)c1. The van der Waals surface area contributed by atoms with Crippen LogP contribution in [-0.4, -0.2) is 9.55 Å². The summed E-state index contributed by atoms with van der Waals surface area (Å²) in [6, 6.07) is 10.8. The molecule has 3 rings (SSSR count). The van der Waals surface area contributed by atoms with Crippen molar-refractivity contribution in [1.82, 2.24) is 9.55 Å². The maximum absolute atomic E-state index is 11.8. The van der Waals surface area contributed by atoms with E-state index >= 15 is 0 Å². The van der Waals surface area contributed by atoms with Gasteiger partial charge < -0.3 is 4.42 Å². The first-order valence-corrected chi connectivity index (χ1v) is 5.80. The van der Waals surface area contributed by atoms with Gasteiger partial charge in [-0.05, 0) is 29.8 Å². The minimum atomic E-state index is -0.413. The summed E-state index contributed by atoms with van der Waals surface area (Å²) in [5, 5.41) is 0.640. The van der Waals surface area contributed by atoms with Crippen molar-refractivity contribution >= 4 is 22.8 Å². The maximum atomic E-state index is 11.8. The fourth-order valence-corrected chi connectivity index (χ4v) is 2.07. The molecule has 5 heteroatoms. The van der Waals surface area contributed by atoms with Crippen molar-refractivity contribution in [3.05, 3.63) is 63.7 Å². The molecule has 0 aliphatic rings. The highest BCUT2D eigenvalue weighted by Gasteiger charge is 2.10. The smallest absolute Gasteiger partial charge is 0.406 e. The van der Waals surface area contributed by atoms with Crippen LogP contribution >= 0.6 is 11.6 Å². The lowest BCUT2D eigenvalue weighted by molar-refractivity contribution is 0.517. The van der Waals surface area contributed by atoms with Gasteiger partial charge >= 0.3 is 5.76 Å². The van der Waals surface area contributed by atoms with E-state index in [2.05, 4.69) is 4.98 Å². The third kappa shape index (κ3) is 1.91. The molecule has 0 radical (unpaired) electrons. The van der Waals surface area contributed by atoms with E-state index in [1.807, 2.05) is 18.2 Å².